The van der Waals surface area contributed by atoms with Crippen molar-refractivity contribution in [2.24, 2.45) is 0 Å². The van der Waals surface area contributed by atoms with Crippen molar-refractivity contribution in [3.05, 3.63) is 84.1 Å². The highest BCUT2D eigenvalue weighted by atomic mass is 16.1. The maximum absolute atomic E-state index is 10.9. The summed E-state index contributed by atoms with van der Waals surface area (Å²) in [7, 11) is 0. The van der Waals surface area contributed by atoms with Gasteiger partial charge in [-0.2, -0.15) is 0 Å². The van der Waals surface area contributed by atoms with E-state index in [4.69, 9.17) is 0 Å². The number of nitrogens with zero attached hydrogens (tertiary/aromatic N) is 1. The summed E-state index contributed by atoms with van der Waals surface area (Å²) >= 11 is 0. The summed E-state index contributed by atoms with van der Waals surface area (Å²) in [5.41, 5.74) is 4.34. The third-order valence-electron chi connectivity index (χ3n) is 3.63. The first kappa shape index (κ1) is 13.4. The van der Waals surface area contributed by atoms with Crippen molar-refractivity contribution >= 4 is 17.7 Å². The van der Waals surface area contributed by atoms with Gasteiger partial charge in [0.25, 0.3) is 0 Å². The van der Waals surface area contributed by atoms with Crippen LogP contribution in [0.3, 0.4) is 0 Å². The van der Waals surface area contributed by atoms with E-state index in [1.807, 2.05) is 48.6 Å². The lowest BCUT2D eigenvalue weighted by Gasteiger charge is -2.29. The van der Waals surface area contributed by atoms with Crippen LogP contribution in [-0.4, -0.2) is 6.29 Å². The maximum atomic E-state index is 10.9. The zero-order valence-electron chi connectivity index (χ0n) is 11.8. The number of rotatable bonds is 4. The number of anilines is 2. The van der Waals surface area contributed by atoms with Gasteiger partial charge in [0.15, 0.2) is 0 Å². The summed E-state index contributed by atoms with van der Waals surface area (Å²) in [6, 6.07) is 20.6. The van der Waals surface area contributed by atoms with Gasteiger partial charge < -0.3 is 4.90 Å². The molecule has 0 heterocycles. The Morgan fingerprint density at radius 1 is 0.762 bits per heavy atom. The minimum Gasteiger partial charge on any atom is -0.314 e. The number of benzene rings is 2. The molecule has 2 aromatic carbocycles. The van der Waals surface area contributed by atoms with Crippen molar-refractivity contribution in [2.45, 2.75) is 12.8 Å². The second-order valence-corrected chi connectivity index (χ2v) is 5.02. The first-order chi connectivity index (χ1) is 10.4. The number of aldehydes is 1. The van der Waals surface area contributed by atoms with Gasteiger partial charge in [-0.25, -0.2) is 0 Å². The number of para-hydroxylation sites is 2. The standard InChI is InChI=1S/C19H17NO/c21-15-16-11-13-19(14-12-16)20(17-7-3-1-4-8-17)18-9-5-2-6-10-18/h1-11,13,15H,12,14H2. The first-order valence-electron chi connectivity index (χ1n) is 7.13. The SMILES string of the molecule is O=CC1=CC=C(N(c2ccccc2)c2ccccc2)CC1. The Morgan fingerprint density at radius 2 is 1.33 bits per heavy atom. The summed E-state index contributed by atoms with van der Waals surface area (Å²) in [6.45, 7) is 0. The molecular weight excluding hydrogens is 258 g/mol. The van der Waals surface area contributed by atoms with Gasteiger partial charge in [-0.1, -0.05) is 42.5 Å². The Balaban J connectivity index is 2.04. The van der Waals surface area contributed by atoms with Crippen molar-refractivity contribution in [3.63, 3.8) is 0 Å². The molecule has 0 amide bonds. The number of hydrogen-bond donors (Lipinski definition) is 0. The predicted octanol–water partition coefficient (Wildman–Crippen LogP) is 4.63. The highest BCUT2D eigenvalue weighted by molar-refractivity contribution is 5.76. The smallest absolute Gasteiger partial charge is 0.146 e. The fourth-order valence-electron chi connectivity index (χ4n) is 2.56. The summed E-state index contributed by atoms with van der Waals surface area (Å²) in [5, 5.41) is 0. The monoisotopic (exact) mass is 275 g/mol. The highest BCUT2D eigenvalue weighted by Crippen LogP contribution is 2.33. The topological polar surface area (TPSA) is 20.3 Å². The van der Waals surface area contributed by atoms with E-state index >= 15 is 0 Å². The molecular formula is C19H17NO. The number of carbonyl (C=O) groups is 1. The van der Waals surface area contributed by atoms with E-state index in [0.29, 0.717) is 0 Å². The molecule has 3 rings (SSSR count). The lowest BCUT2D eigenvalue weighted by molar-refractivity contribution is -0.105. The quantitative estimate of drug-likeness (QED) is 0.758. The average molecular weight is 275 g/mol. The fourth-order valence-corrected chi connectivity index (χ4v) is 2.56. The Kier molecular flexibility index (Phi) is 3.97. The van der Waals surface area contributed by atoms with Crippen LogP contribution in [0.25, 0.3) is 0 Å². The van der Waals surface area contributed by atoms with E-state index in [-0.39, 0.29) is 0 Å². The molecule has 0 atom stereocenters. The lowest BCUT2D eigenvalue weighted by atomic mass is 10.0. The largest absolute Gasteiger partial charge is 0.314 e. The van der Waals surface area contributed by atoms with Crippen LogP contribution in [0.15, 0.2) is 84.1 Å². The molecule has 2 heteroatoms. The van der Waals surface area contributed by atoms with Crippen molar-refractivity contribution in [2.75, 3.05) is 4.90 Å². The van der Waals surface area contributed by atoms with Crippen LogP contribution in [0.2, 0.25) is 0 Å². The Hall–Kier alpha value is -2.61. The van der Waals surface area contributed by atoms with Crippen molar-refractivity contribution in [1.29, 1.82) is 0 Å². The second kappa shape index (κ2) is 6.23. The molecule has 0 radical (unpaired) electrons. The first-order valence-corrected chi connectivity index (χ1v) is 7.13. The van der Waals surface area contributed by atoms with Crippen molar-refractivity contribution in [3.8, 4) is 0 Å². The van der Waals surface area contributed by atoms with E-state index in [1.165, 1.54) is 5.70 Å². The lowest BCUT2D eigenvalue weighted by Crippen LogP contribution is -2.17. The van der Waals surface area contributed by atoms with Crippen molar-refractivity contribution < 1.29 is 4.79 Å². The Labute approximate surface area is 125 Å². The molecule has 0 saturated heterocycles. The number of allylic oxidation sites excluding steroid dienone is 4. The average Bonchev–Trinajstić information content (AvgIpc) is 2.58. The van der Waals surface area contributed by atoms with Gasteiger partial charge in [-0.05, 0) is 48.8 Å². The zero-order valence-corrected chi connectivity index (χ0v) is 11.8. The Morgan fingerprint density at radius 3 is 1.76 bits per heavy atom. The molecule has 104 valence electrons. The van der Waals surface area contributed by atoms with Gasteiger partial charge in [0.05, 0.1) is 0 Å². The minimum absolute atomic E-state index is 0.797. The molecule has 0 aromatic heterocycles. The summed E-state index contributed by atoms with van der Waals surface area (Å²) in [6.07, 6.45) is 6.58. The van der Waals surface area contributed by atoms with Gasteiger partial charge in [0.1, 0.15) is 6.29 Å². The molecule has 21 heavy (non-hydrogen) atoms. The van der Waals surface area contributed by atoms with Gasteiger partial charge in [0.2, 0.25) is 0 Å². The minimum atomic E-state index is 0.797. The molecule has 0 aliphatic heterocycles. The van der Waals surface area contributed by atoms with Gasteiger partial charge >= 0.3 is 0 Å². The van der Waals surface area contributed by atoms with E-state index in [2.05, 4.69) is 29.2 Å². The second-order valence-electron chi connectivity index (χ2n) is 5.02. The van der Waals surface area contributed by atoms with Crippen LogP contribution in [0, 0.1) is 0 Å². The van der Waals surface area contributed by atoms with Crippen molar-refractivity contribution in [1.82, 2.24) is 0 Å². The van der Waals surface area contributed by atoms with E-state index in [0.717, 1.165) is 36.1 Å². The molecule has 0 spiro atoms. The fraction of sp³-hybridized carbons (Fsp3) is 0.105. The molecule has 2 nitrogen and oxygen atoms in total. The third kappa shape index (κ3) is 2.95. The molecule has 0 N–H and O–H groups in total. The van der Waals surface area contributed by atoms with Crippen LogP contribution in [0.1, 0.15) is 12.8 Å². The van der Waals surface area contributed by atoms with Gasteiger partial charge in [-0.15, -0.1) is 0 Å². The van der Waals surface area contributed by atoms with Crippen LogP contribution >= 0.6 is 0 Å². The molecule has 0 fully saturated rings. The maximum Gasteiger partial charge on any atom is 0.146 e. The van der Waals surface area contributed by atoms with Crippen LogP contribution in [0.4, 0.5) is 11.4 Å². The van der Waals surface area contributed by atoms with Gasteiger partial charge in [0, 0.05) is 17.1 Å². The normalized spacial score (nSPS) is 14.1. The summed E-state index contributed by atoms with van der Waals surface area (Å²) < 4.78 is 0. The Bertz CT molecular complexity index is 632. The third-order valence-corrected chi connectivity index (χ3v) is 3.63. The number of carbonyl (C=O) groups excluding carboxylic acids is 1. The summed E-state index contributed by atoms with van der Waals surface area (Å²) in [4.78, 5) is 13.1. The zero-order chi connectivity index (χ0) is 14.5. The summed E-state index contributed by atoms with van der Waals surface area (Å²) in [5.74, 6) is 0. The molecule has 0 bridgehead atoms. The highest BCUT2D eigenvalue weighted by Gasteiger charge is 2.16. The molecule has 1 aliphatic rings. The molecule has 0 saturated carbocycles. The molecule has 1 aliphatic carbocycles. The van der Waals surface area contributed by atoms with Crippen LogP contribution in [0.5, 0.6) is 0 Å². The van der Waals surface area contributed by atoms with Gasteiger partial charge in [-0.3, -0.25) is 4.79 Å². The molecule has 2 aromatic rings. The number of hydrogen-bond acceptors (Lipinski definition) is 2. The predicted molar refractivity (Wildman–Crippen MR) is 86.5 cm³/mol. The van der Waals surface area contributed by atoms with E-state index in [9.17, 15) is 4.79 Å². The molecule has 0 unspecified atom stereocenters. The van der Waals surface area contributed by atoms with E-state index in [1.54, 1.807) is 0 Å². The van der Waals surface area contributed by atoms with Crippen LogP contribution < -0.4 is 4.90 Å². The van der Waals surface area contributed by atoms with E-state index < -0.39 is 0 Å². The van der Waals surface area contributed by atoms with Crippen LogP contribution in [-0.2, 0) is 4.79 Å².